The maximum absolute atomic E-state index is 14.2. The molecule has 0 atom stereocenters. The molecule has 3 rings (SSSR count). The van der Waals surface area contributed by atoms with E-state index in [9.17, 15) is 18.1 Å². The van der Waals surface area contributed by atoms with Gasteiger partial charge in [0.05, 0.1) is 4.90 Å². The van der Waals surface area contributed by atoms with E-state index in [-0.39, 0.29) is 26.3 Å². The summed E-state index contributed by atoms with van der Waals surface area (Å²) in [5.74, 6) is -0.464. The number of allylic oxidation sites excluding steroid dienone is 1. The summed E-state index contributed by atoms with van der Waals surface area (Å²) in [6, 6.07) is 22.7. The van der Waals surface area contributed by atoms with Crippen LogP contribution in [-0.2, 0) is 15.6 Å². The standard InChI is InChI=1S/C22H16ClFN2O2S2/c23-19-12-7-13-20(24)18(19)15-29-22(26-16-8-3-1-4-9-16)21(14-25)30(27,28)17-10-5-2-6-11-17/h1-13,26H,15H2. The van der Waals surface area contributed by atoms with Crippen LogP contribution in [0.25, 0.3) is 0 Å². The Morgan fingerprint density at radius 1 is 1.00 bits per heavy atom. The van der Waals surface area contributed by atoms with Crippen molar-refractivity contribution < 1.29 is 12.8 Å². The lowest BCUT2D eigenvalue weighted by atomic mass is 10.2. The molecular formula is C22H16ClFN2O2S2. The number of hydrogen-bond acceptors (Lipinski definition) is 5. The van der Waals surface area contributed by atoms with Crippen LogP contribution in [0.3, 0.4) is 0 Å². The van der Waals surface area contributed by atoms with Gasteiger partial charge < -0.3 is 5.32 Å². The van der Waals surface area contributed by atoms with Crippen molar-refractivity contribution in [2.75, 3.05) is 5.32 Å². The average Bonchev–Trinajstić information content (AvgIpc) is 2.75. The van der Waals surface area contributed by atoms with Gasteiger partial charge in [0.15, 0.2) is 4.91 Å². The van der Waals surface area contributed by atoms with E-state index in [1.165, 1.54) is 24.3 Å². The highest BCUT2D eigenvalue weighted by atomic mass is 35.5. The van der Waals surface area contributed by atoms with Gasteiger partial charge in [0.1, 0.15) is 16.9 Å². The quantitative estimate of drug-likeness (QED) is 0.440. The van der Waals surface area contributed by atoms with Crippen molar-refractivity contribution in [3.63, 3.8) is 0 Å². The van der Waals surface area contributed by atoms with Gasteiger partial charge in [-0.3, -0.25) is 0 Å². The van der Waals surface area contributed by atoms with Gasteiger partial charge in [0, 0.05) is 22.0 Å². The molecule has 0 radical (unpaired) electrons. The minimum Gasteiger partial charge on any atom is -0.349 e. The van der Waals surface area contributed by atoms with Crippen LogP contribution in [0.1, 0.15) is 5.56 Å². The van der Waals surface area contributed by atoms with Crippen molar-refractivity contribution in [1.29, 1.82) is 5.26 Å². The SMILES string of the molecule is N#CC(=C(Nc1ccccc1)SCc1c(F)cccc1Cl)S(=O)(=O)c1ccccc1. The van der Waals surface area contributed by atoms with Gasteiger partial charge in [-0.2, -0.15) is 5.26 Å². The Kier molecular flexibility index (Phi) is 7.16. The predicted molar refractivity (Wildman–Crippen MR) is 119 cm³/mol. The molecule has 0 saturated carbocycles. The zero-order valence-electron chi connectivity index (χ0n) is 15.5. The first kappa shape index (κ1) is 21.9. The van der Waals surface area contributed by atoms with Gasteiger partial charge in [-0.1, -0.05) is 54.1 Å². The van der Waals surface area contributed by atoms with Crippen molar-refractivity contribution in [2.45, 2.75) is 10.6 Å². The molecule has 0 saturated heterocycles. The smallest absolute Gasteiger partial charge is 0.219 e. The van der Waals surface area contributed by atoms with E-state index in [4.69, 9.17) is 11.6 Å². The second-order valence-corrected chi connectivity index (χ2v) is 9.35. The minimum absolute atomic E-state index is 0.00145. The molecule has 152 valence electrons. The lowest BCUT2D eigenvalue weighted by molar-refractivity contribution is 0.603. The van der Waals surface area contributed by atoms with E-state index in [2.05, 4.69) is 5.32 Å². The van der Waals surface area contributed by atoms with Crippen molar-refractivity contribution >= 4 is 38.9 Å². The summed E-state index contributed by atoms with van der Waals surface area (Å²) in [5.41, 5.74) is 0.821. The Morgan fingerprint density at radius 3 is 2.23 bits per heavy atom. The number of sulfone groups is 1. The van der Waals surface area contributed by atoms with Crippen LogP contribution in [-0.4, -0.2) is 8.42 Å². The van der Waals surface area contributed by atoms with E-state index in [0.717, 1.165) is 11.8 Å². The molecule has 0 aliphatic heterocycles. The van der Waals surface area contributed by atoms with E-state index >= 15 is 0 Å². The topological polar surface area (TPSA) is 70.0 Å². The van der Waals surface area contributed by atoms with Gasteiger partial charge in [-0.25, -0.2) is 12.8 Å². The Labute approximate surface area is 183 Å². The molecule has 30 heavy (non-hydrogen) atoms. The van der Waals surface area contributed by atoms with Crippen LogP contribution in [0.4, 0.5) is 10.1 Å². The predicted octanol–water partition coefficient (Wildman–Crippen LogP) is 5.99. The molecule has 8 heteroatoms. The summed E-state index contributed by atoms with van der Waals surface area (Å²) < 4.78 is 40.4. The largest absolute Gasteiger partial charge is 0.349 e. The van der Waals surface area contributed by atoms with Gasteiger partial charge >= 0.3 is 0 Å². The number of benzene rings is 3. The van der Waals surface area contributed by atoms with Crippen LogP contribution in [0.15, 0.2) is 93.7 Å². The van der Waals surface area contributed by atoms with Gasteiger partial charge in [0.25, 0.3) is 0 Å². The van der Waals surface area contributed by atoms with Crippen LogP contribution in [0.2, 0.25) is 5.02 Å². The number of halogens is 2. The molecule has 0 amide bonds. The normalized spacial score (nSPS) is 12.0. The molecule has 3 aromatic carbocycles. The third-order valence-corrected chi connectivity index (χ3v) is 7.32. The molecule has 0 aromatic heterocycles. The monoisotopic (exact) mass is 458 g/mol. The Morgan fingerprint density at radius 2 is 1.63 bits per heavy atom. The molecular weight excluding hydrogens is 443 g/mol. The first-order valence-electron chi connectivity index (χ1n) is 8.75. The number of nitrogens with zero attached hydrogens (tertiary/aromatic N) is 1. The van der Waals surface area contributed by atoms with E-state index in [1.807, 2.05) is 12.1 Å². The van der Waals surface area contributed by atoms with E-state index in [1.54, 1.807) is 48.5 Å². The van der Waals surface area contributed by atoms with Crippen LogP contribution < -0.4 is 5.32 Å². The van der Waals surface area contributed by atoms with Crippen LogP contribution in [0, 0.1) is 17.1 Å². The van der Waals surface area contributed by atoms with E-state index in [0.29, 0.717) is 5.69 Å². The zero-order valence-corrected chi connectivity index (χ0v) is 17.9. The highest BCUT2D eigenvalue weighted by Gasteiger charge is 2.26. The van der Waals surface area contributed by atoms with Crippen LogP contribution >= 0.6 is 23.4 Å². The fourth-order valence-electron chi connectivity index (χ4n) is 2.58. The molecule has 0 aliphatic rings. The molecule has 0 fully saturated rings. The fourth-order valence-corrected chi connectivity index (χ4v) is 5.51. The van der Waals surface area contributed by atoms with Crippen molar-refractivity contribution in [1.82, 2.24) is 0 Å². The lowest BCUT2D eigenvalue weighted by Crippen LogP contribution is -2.10. The number of nitrogens with one attached hydrogen (secondary N) is 1. The van der Waals surface area contributed by atoms with Gasteiger partial charge in [-0.05, 0) is 36.4 Å². The fraction of sp³-hybridized carbons (Fsp3) is 0.0455. The number of hydrogen-bond donors (Lipinski definition) is 1. The summed E-state index contributed by atoms with van der Waals surface area (Å²) in [6.07, 6.45) is 0. The molecule has 0 spiro atoms. The maximum atomic E-state index is 14.2. The molecule has 1 N–H and O–H groups in total. The second-order valence-electron chi connectivity index (χ2n) is 6.07. The van der Waals surface area contributed by atoms with Gasteiger partial charge in [0.2, 0.25) is 9.84 Å². The minimum atomic E-state index is -4.09. The lowest BCUT2D eigenvalue weighted by Gasteiger charge is -2.14. The average molecular weight is 459 g/mol. The van der Waals surface area contributed by atoms with Gasteiger partial charge in [-0.15, -0.1) is 11.8 Å². The number of thioether (sulfide) groups is 1. The molecule has 0 unspecified atom stereocenters. The molecule has 0 heterocycles. The number of rotatable bonds is 7. The molecule has 3 aromatic rings. The Bertz CT molecular complexity index is 1190. The number of nitriles is 1. The third-order valence-electron chi connectivity index (χ3n) is 4.08. The summed E-state index contributed by atoms with van der Waals surface area (Å²) in [6.45, 7) is 0. The van der Waals surface area contributed by atoms with Crippen molar-refractivity contribution in [3.05, 3.63) is 105 Å². The van der Waals surface area contributed by atoms with Crippen molar-refractivity contribution in [3.8, 4) is 6.07 Å². The second kappa shape index (κ2) is 9.81. The highest BCUT2D eigenvalue weighted by Crippen LogP contribution is 2.33. The summed E-state index contributed by atoms with van der Waals surface area (Å²) >= 11 is 7.09. The zero-order chi connectivity index (χ0) is 21.6. The number of para-hydroxylation sites is 1. The Balaban J connectivity index is 2.06. The summed E-state index contributed by atoms with van der Waals surface area (Å²) in [7, 11) is -4.09. The molecule has 4 nitrogen and oxygen atoms in total. The summed E-state index contributed by atoms with van der Waals surface area (Å²) in [5, 5.41) is 13.0. The van der Waals surface area contributed by atoms with Crippen LogP contribution in [0.5, 0.6) is 0 Å². The maximum Gasteiger partial charge on any atom is 0.219 e. The van der Waals surface area contributed by atoms with Crippen molar-refractivity contribution in [2.24, 2.45) is 0 Å². The summed E-state index contributed by atoms with van der Waals surface area (Å²) in [4.78, 5) is -0.451. The Hall–Kier alpha value is -2.79. The first-order chi connectivity index (χ1) is 14.4. The molecule has 0 bridgehead atoms. The highest BCUT2D eigenvalue weighted by molar-refractivity contribution is 8.04. The molecule has 0 aliphatic carbocycles. The van der Waals surface area contributed by atoms with E-state index < -0.39 is 20.6 Å². The third kappa shape index (κ3) is 5.03. The number of anilines is 1. The first-order valence-corrected chi connectivity index (χ1v) is 11.6.